The molecule has 5 aromatic carbocycles. The molecule has 0 bridgehead atoms. The Morgan fingerprint density at radius 3 is 1.75 bits per heavy atom. The normalized spacial score (nSPS) is 13.7. The number of halogens is 5. The number of benzene rings is 5. The zero-order chi connectivity index (χ0) is 85.8. The van der Waals surface area contributed by atoms with Crippen LogP contribution in [0, 0.1) is 11.6 Å². The minimum absolute atomic E-state index is 0.0188. The number of thiophene rings is 3. The van der Waals surface area contributed by atoms with Crippen molar-refractivity contribution in [3.8, 4) is 44.6 Å². The molecule has 0 saturated heterocycles. The Hall–Kier alpha value is -10.5. The van der Waals surface area contributed by atoms with Crippen molar-refractivity contribution in [3.05, 3.63) is 315 Å². The summed E-state index contributed by atoms with van der Waals surface area (Å²) in [7, 11) is 6.78. The molecule has 4 saturated carbocycles. The second-order valence-electron chi connectivity index (χ2n) is 30.2. The molecule has 4 aliphatic rings. The molecular weight excluding hydrogens is 1760 g/mol. The topological polar surface area (TPSA) is 201 Å². The van der Waals surface area contributed by atoms with Crippen LogP contribution < -0.4 is 9.47 Å². The van der Waals surface area contributed by atoms with E-state index in [1.807, 2.05) is 135 Å². The summed E-state index contributed by atoms with van der Waals surface area (Å²) in [5, 5.41) is 2.65. The molecule has 8 heterocycles. The first-order valence-electron chi connectivity index (χ1n) is 40.5. The van der Waals surface area contributed by atoms with Crippen molar-refractivity contribution in [3.63, 3.8) is 0 Å². The highest BCUT2D eigenvalue weighted by molar-refractivity contribution is 9.13. The number of Topliss-reactive ketones (excluding diaryl/α,β-unsaturated/α-hetero) is 2. The maximum Gasteiger partial charge on any atom is 0.290 e. The largest absolute Gasteiger partial charge is 0.497 e. The molecular formula is C96H94Br2ClF2N5O13S3. The summed E-state index contributed by atoms with van der Waals surface area (Å²) in [6.07, 6.45) is 20.2. The van der Waals surface area contributed by atoms with Crippen LogP contribution in [0.2, 0.25) is 5.02 Å². The van der Waals surface area contributed by atoms with Gasteiger partial charge in [-0.15, -0.1) is 34.0 Å². The Bertz CT molecular complexity index is 5620. The van der Waals surface area contributed by atoms with E-state index in [2.05, 4.69) is 44.0 Å². The van der Waals surface area contributed by atoms with E-state index in [0.717, 1.165) is 122 Å². The second-order valence-corrected chi connectivity index (χ2v) is 36.0. The third kappa shape index (κ3) is 24.3. The van der Waals surface area contributed by atoms with Crippen LogP contribution in [0.5, 0.6) is 11.5 Å². The van der Waals surface area contributed by atoms with Crippen molar-refractivity contribution >= 4 is 113 Å². The third-order valence-corrected chi connectivity index (χ3v) is 26.9. The first-order valence-corrected chi connectivity index (χ1v) is 45.0. The number of aryl methyl sites for hydroxylation is 1. The average Bonchev–Trinajstić information content (AvgIpc) is 1.65. The van der Waals surface area contributed by atoms with E-state index in [1.165, 1.54) is 71.9 Å². The number of rotatable bonds is 27. The number of nitrogens with zero attached hydrogens (tertiary/aromatic N) is 5. The molecule has 26 heteroatoms. The van der Waals surface area contributed by atoms with Gasteiger partial charge in [-0.05, 0) is 240 Å². The van der Waals surface area contributed by atoms with E-state index in [-0.39, 0.29) is 58.6 Å². The summed E-state index contributed by atoms with van der Waals surface area (Å²) in [5.41, 5.74) is 6.23. The van der Waals surface area contributed by atoms with Gasteiger partial charge in [0.1, 0.15) is 46.2 Å². The highest BCUT2D eigenvalue weighted by Gasteiger charge is 2.37. The molecule has 18 nitrogen and oxygen atoms in total. The number of carbonyl (C=O) groups excluding carboxylic acids is 6. The fourth-order valence-corrected chi connectivity index (χ4v) is 18.4. The van der Waals surface area contributed by atoms with Crippen molar-refractivity contribution in [1.29, 1.82) is 0 Å². The molecule has 0 aliphatic heterocycles. The van der Waals surface area contributed by atoms with Crippen LogP contribution in [0.15, 0.2) is 250 Å². The van der Waals surface area contributed by atoms with Crippen LogP contribution >= 0.6 is 77.5 Å². The zero-order valence-electron chi connectivity index (χ0n) is 68.3. The quantitative estimate of drug-likeness (QED) is 0.0441. The van der Waals surface area contributed by atoms with E-state index >= 15 is 0 Å². The second kappa shape index (κ2) is 43.0. The lowest BCUT2D eigenvalue weighted by Gasteiger charge is -2.27. The van der Waals surface area contributed by atoms with Gasteiger partial charge in [-0.1, -0.05) is 110 Å². The van der Waals surface area contributed by atoms with E-state index in [9.17, 15) is 37.5 Å². The average molecular weight is 1860 g/mol. The monoisotopic (exact) mass is 1850 g/mol. The molecule has 0 unspecified atom stereocenters. The number of hydrogen-bond acceptors (Lipinski definition) is 16. The predicted molar refractivity (Wildman–Crippen MR) is 479 cm³/mol. The molecule has 4 amide bonds. The number of carbonyl (C=O) groups is 6. The Kier molecular flexibility index (Phi) is 31.5. The Labute approximate surface area is 742 Å². The molecule has 13 aromatic rings. The van der Waals surface area contributed by atoms with Crippen LogP contribution in [0.1, 0.15) is 185 Å². The van der Waals surface area contributed by atoms with Crippen LogP contribution in [0.3, 0.4) is 0 Å². The lowest BCUT2D eigenvalue weighted by atomic mass is 9.98. The maximum absolute atomic E-state index is 14.0. The first-order chi connectivity index (χ1) is 59.1. The number of ketones is 2. The Morgan fingerprint density at radius 2 is 1.17 bits per heavy atom. The zero-order valence-corrected chi connectivity index (χ0v) is 74.6. The highest BCUT2D eigenvalue weighted by atomic mass is 79.9. The Morgan fingerprint density at radius 1 is 0.557 bits per heavy atom. The van der Waals surface area contributed by atoms with Gasteiger partial charge in [-0.2, -0.15) is 0 Å². The summed E-state index contributed by atoms with van der Waals surface area (Å²) in [5.74, 6) is 3.66. The third-order valence-electron chi connectivity index (χ3n) is 21.3. The molecule has 4 aliphatic carbocycles. The molecule has 0 radical (unpaired) electrons. The molecule has 0 N–H and O–H groups in total. The minimum atomic E-state index is -0.371. The summed E-state index contributed by atoms with van der Waals surface area (Å²) < 4.78 is 69.5. The summed E-state index contributed by atoms with van der Waals surface area (Å²) in [6.45, 7) is 4.12. The number of aromatic nitrogens is 1. The van der Waals surface area contributed by atoms with E-state index in [1.54, 1.807) is 122 Å². The maximum atomic E-state index is 14.0. The SMILES string of the molecule is CC(=O)c1cc(C(=O)Cc2cccc(COC3CCCCC3)c2)n(C)c1.COc1ccc(CN(C)C(=O)c2cc(Br)c(Br)s2)c(OC)c1.O=C(c1ccc(-c2ccc(F)cc2)s1)N(Cc1ccco1)C1CC1.O=C(c1ccc(-c2ccccc2Cl)o1)N(Cc1cccs1)C1CC1.O=C(c1ccc(-c2ccccc2F)o1)N(Cc1ccco1)C1CCCC1. The highest BCUT2D eigenvalue weighted by Crippen LogP contribution is 2.39. The Balaban J connectivity index is 0.000000132. The number of furan rings is 4. The lowest BCUT2D eigenvalue weighted by molar-refractivity contribution is 0.0168. The summed E-state index contributed by atoms with van der Waals surface area (Å²) in [6, 6.07) is 60.2. The molecule has 17 rings (SSSR count). The van der Waals surface area contributed by atoms with Crippen molar-refractivity contribution in [1.82, 2.24) is 24.2 Å². The van der Waals surface area contributed by atoms with Gasteiger partial charge in [-0.25, -0.2) is 8.78 Å². The van der Waals surface area contributed by atoms with E-state index in [4.69, 9.17) is 43.5 Å². The van der Waals surface area contributed by atoms with Crippen LogP contribution in [0.25, 0.3) is 33.1 Å². The van der Waals surface area contributed by atoms with Gasteiger partial charge >= 0.3 is 0 Å². The van der Waals surface area contributed by atoms with Gasteiger partial charge in [0.2, 0.25) is 0 Å². The van der Waals surface area contributed by atoms with Crippen molar-refractivity contribution in [2.75, 3.05) is 21.3 Å². The summed E-state index contributed by atoms with van der Waals surface area (Å²) >= 11 is 17.5. The standard InChI is InChI=1S/C22H27NO3.C21H20FNO3.C19H16ClNO2S.C19H16FNO2S.C15H15Br2NO3S/c1-16(24)19-13-21(23(2)14-19)22(25)12-17-7-6-8-18(11-17)15-26-20-9-4-3-5-10-20;22-18-10-4-3-9-17(18)19-11-12-20(26-19)21(24)23(15-6-1-2-7-15)14-16-8-5-13-25-16;20-16-6-2-1-5-15(16)17-9-10-18(23-17)19(22)21(13-7-8-13)12-14-4-3-11-24-14;20-14-5-3-13(4-6-14)17-9-10-18(24-17)19(22)21(15-7-8-15)12-16-2-1-11-23-16;1-18(15(19)13-7-11(16)14(17)22-13)8-9-4-5-10(20-2)6-12(9)21-3/h6-8,11,13-14,20H,3-5,9-10,12,15H2,1-2H3;3-5,8-13,15H,1-2,6-7,14H2;1-6,9-11,13H,7-8,12H2;1-6,9-11,15H,7-8,12H2;4-7H,8H2,1-3H3. The fraction of sp³-hybridized carbons (Fsp3) is 0.292. The minimum Gasteiger partial charge on any atom is -0.497 e. The van der Waals surface area contributed by atoms with Crippen molar-refractivity contribution in [2.24, 2.45) is 7.05 Å². The molecule has 4 fully saturated rings. The smallest absolute Gasteiger partial charge is 0.290 e. The van der Waals surface area contributed by atoms with Gasteiger partial charge < -0.3 is 56.0 Å². The van der Waals surface area contributed by atoms with Crippen molar-refractivity contribution < 1.29 is 69.4 Å². The molecule has 8 aromatic heterocycles. The van der Waals surface area contributed by atoms with Crippen LogP contribution in [-0.2, 0) is 51.0 Å². The van der Waals surface area contributed by atoms with Crippen LogP contribution in [0.4, 0.5) is 8.78 Å². The number of ether oxygens (including phenoxy) is 3. The summed E-state index contributed by atoms with van der Waals surface area (Å²) in [4.78, 5) is 86.3. The first kappa shape index (κ1) is 89.3. The molecule has 0 spiro atoms. The molecule has 122 heavy (non-hydrogen) atoms. The van der Waals surface area contributed by atoms with Gasteiger partial charge in [-0.3, -0.25) is 28.8 Å². The van der Waals surface area contributed by atoms with Gasteiger partial charge in [0.25, 0.3) is 23.6 Å². The number of methoxy groups -OCH3 is 2. The molecule has 634 valence electrons. The van der Waals surface area contributed by atoms with Gasteiger partial charge in [0, 0.05) is 88.4 Å². The van der Waals surface area contributed by atoms with E-state index in [0.29, 0.717) is 112 Å². The van der Waals surface area contributed by atoms with Gasteiger partial charge in [0.15, 0.2) is 23.1 Å². The number of amides is 4. The van der Waals surface area contributed by atoms with Gasteiger partial charge in [0.05, 0.1) is 88.9 Å². The number of hydrogen-bond donors (Lipinski definition) is 0. The molecule has 0 atom stereocenters. The predicted octanol–water partition coefficient (Wildman–Crippen LogP) is 24.7. The van der Waals surface area contributed by atoms with E-state index < -0.39 is 0 Å². The van der Waals surface area contributed by atoms with Crippen LogP contribution in [-0.4, -0.2) is 105 Å². The van der Waals surface area contributed by atoms with Crippen molar-refractivity contribution in [2.45, 2.75) is 154 Å². The lowest BCUT2D eigenvalue weighted by Crippen LogP contribution is -2.38. The fourth-order valence-electron chi connectivity index (χ4n) is 14.5.